The second-order valence-electron chi connectivity index (χ2n) is 14.7. The molecular weight excluding hydrogens is 801 g/mol. The second kappa shape index (κ2) is 25.7. The van der Waals surface area contributed by atoms with E-state index in [1.165, 1.54) is 13.8 Å². The van der Waals surface area contributed by atoms with Gasteiger partial charge in [0.15, 0.2) is 0 Å². The van der Waals surface area contributed by atoms with E-state index in [1.807, 2.05) is 0 Å². The summed E-state index contributed by atoms with van der Waals surface area (Å²) in [6, 6.07) is -8.15. The summed E-state index contributed by atoms with van der Waals surface area (Å²) in [5.41, 5.74) is 6.06. The molecule has 0 radical (unpaired) electrons. The molecule has 8 atom stereocenters. The molecule has 1 aliphatic rings. The van der Waals surface area contributed by atoms with Crippen molar-refractivity contribution >= 4 is 80.7 Å². The third-order valence-corrected chi connectivity index (χ3v) is 11.2. The van der Waals surface area contributed by atoms with E-state index >= 15 is 0 Å². The standard InChI is InChI=1S/C35H60N10O11S2/c1-9-18(6)28(34(54)41-19(7)29(49)43-22(35(55)56)10-16(2)3)45-32(52)23-15-58-57-14-21(36)31(51)40-20(8)30(50)44-27(17(4)5)33(53)39-12-25(47)37-11-24(46)38-13-26(48)42-23/h16-23,27-28H,9-15,36H2,1-8H3,(H,37,47)(H,38,46)(H,39,53)(H,40,51)(H,41,54)(H,42,48)(H,43,49)(H,44,50)(H,45,52)(H,55,56)/t18-,19-,20-,21-,22-,23?,27-,28-/m0/s1. The lowest BCUT2D eigenvalue weighted by atomic mass is 9.97. The van der Waals surface area contributed by atoms with Crippen LogP contribution in [0.1, 0.15) is 68.2 Å². The van der Waals surface area contributed by atoms with Gasteiger partial charge in [-0.25, -0.2) is 4.79 Å². The van der Waals surface area contributed by atoms with Crippen molar-refractivity contribution in [3.05, 3.63) is 0 Å². The highest BCUT2D eigenvalue weighted by Gasteiger charge is 2.33. The van der Waals surface area contributed by atoms with Gasteiger partial charge in [0.1, 0.15) is 36.3 Å². The van der Waals surface area contributed by atoms with Gasteiger partial charge in [0.25, 0.3) is 0 Å². The minimum absolute atomic E-state index is 0.00100. The number of rotatable bonds is 12. The minimum Gasteiger partial charge on any atom is -0.480 e. The lowest BCUT2D eigenvalue weighted by Crippen LogP contribution is -2.59. The maximum Gasteiger partial charge on any atom is 0.326 e. The van der Waals surface area contributed by atoms with Crippen molar-refractivity contribution in [3.8, 4) is 0 Å². The highest BCUT2D eigenvalue weighted by Crippen LogP contribution is 2.23. The molecule has 1 fully saturated rings. The van der Waals surface area contributed by atoms with Crippen LogP contribution in [0, 0.1) is 17.8 Å². The number of hydrogen-bond donors (Lipinski definition) is 11. The van der Waals surface area contributed by atoms with Gasteiger partial charge in [-0.05, 0) is 38.0 Å². The molecule has 0 saturated carbocycles. The Bertz CT molecular complexity index is 1500. The van der Waals surface area contributed by atoms with Crippen molar-refractivity contribution in [2.24, 2.45) is 23.5 Å². The molecule has 1 rings (SSSR count). The SMILES string of the molecule is CC[C@H](C)[C@H](NC(=O)C1CSSC[C@H](N)C(=O)N[C@@H](C)C(=O)N[C@@H](C(C)C)C(=O)NCC(=O)NCC(=O)NCC(=O)N1)C(=O)N[C@@H](C)C(=O)N[C@@H](CC(C)C)C(=O)O. The Kier molecular flexibility index (Phi) is 22.7. The lowest BCUT2D eigenvalue weighted by molar-refractivity contribution is -0.142. The van der Waals surface area contributed by atoms with Crippen LogP contribution in [0.25, 0.3) is 0 Å². The molecule has 0 bridgehead atoms. The summed E-state index contributed by atoms with van der Waals surface area (Å²) >= 11 is 0. The number of carbonyl (C=O) groups excluding carboxylic acids is 9. The van der Waals surface area contributed by atoms with Crippen LogP contribution in [0.4, 0.5) is 0 Å². The van der Waals surface area contributed by atoms with Crippen LogP contribution >= 0.6 is 21.6 Å². The number of hydrogen-bond acceptors (Lipinski definition) is 13. The van der Waals surface area contributed by atoms with Gasteiger partial charge in [0.2, 0.25) is 53.2 Å². The zero-order valence-electron chi connectivity index (χ0n) is 34.1. The van der Waals surface area contributed by atoms with Crippen molar-refractivity contribution in [2.45, 2.75) is 111 Å². The van der Waals surface area contributed by atoms with Crippen LogP contribution in [-0.2, 0) is 47.9 Å². The van der Waals surface area contributed by atoms with Crippen LogP contribution in [0.3, 0.4) is 0 Å². The molecule has 23 heteroatoms. The smallest absolute Gasteiger partial charge is 0.326 e. The summed E-state index contributed by atoms with van der Waals surface area (Å²) < 4.78 is 0. The predicted octanol–water partition coefficient (Wildman–Crippen LogP) is -3.16. The van der Waals surface area contributed by atoms with Crippen LogP contribution in [0.15, 0.2) is 0 Å². The van der Waals surface area contributed by atoms with Gasteiger partial charge in [-0.1, -0.05) is 69.6 Å². The van der Waals surface area contributed by atoms with Crippen molar-refractivity contribution in [1.29, 1.82) is 0 Å². The van der Waals surface area contributed by atoms with Crippen LogP contribution in [0.5, 0.6) is 0 Å². The van der Waals surface area contributed by atoms with E-state index in [2.05, 4.69) is 47.9 Å². The number of aliphatic carboxylic acids is 1. The van der Waals surface area contributed by atoms with Crippen molar-refractivity contribution in [2.75, 3.05) is 31.1 Å². The number of carboxylic acids is 1. The highest BCUT2D eigenvalue weighted by atomic mass is 33.1. The zero-order chi connectivity index (χ0) is 44.3. The normalized spacial score (nSPS) is 23.3. The average molecular weight is 861 g/mol. The van der Waals surface area contributed by atoms with E-state index < -0.39 is 133 Å². The van der Waals surface area contributed by atoms with Crippen molar-refractivity contribution in [1.82, 2.24) is 47.9 Å². The number of nitrogens with two attached hydrogens (primary N) is 1. The summed E-state index contributed by atoms with van der Waals surface area (Å²) in [4.78, 5) is 128. The van der Waals surface area contributed by atoms with E-state index in [1.54, 1.807) is 41.5 Å². The first-order valence-electron chi connectivity index (χ1n) is 18.9. The highest BCUT2D eigenvalue weighted by molar-refractivity contribution is 8.76. The zero-order valence-corrected chi connectivity index (χ0v) is 35.8. The van der Waals surface area contributed by atoms with E-state index in [0.717, 1.165) is 21.6 Å². The number of amides is 9. The van der Waals surface area contributed by atoms with Gasteiger partial charge in [-0.3, -0.25) is 43.2 Å². The van der Waals surface area contributed by atoms with E-state index in [9.17, 15) is 53.1 Å². The average Bonchev–Trinajstić information content (AvgIpc) is 3.15. The molecule has 0 aliphatic carbocycles. The third kappa shape index (κ3) is 18.7. The van der Waals surface area contributed by atoms with Crippen molar-refractivity contribution in [3.63, 3.8) is 0 Å². The molecular formula is C35H60N10O11S2. The van der Waals surface area contributed by atoms with Gasteiger partial charge < -0.3 is 58.7 Å². The fraction of sp³-hybridized carbons (Fsp3) is 0.714. The largest absolute Gasteiger partial charge is 0.480 e. The van der Waals surface area contributed by atoms with Gasteiger partial charge in [-0.2, -0.15) is 0 Å². The molecule has 328 valence electrons. The molecule has 1 saturated heterocycles. The van der Waals surface area contributed by atoms with Gasteiger partial charge in [-0.15, -0.1) is 0 Å². The fourth-order valence-electron chi connectivity index (χ4n) is 5.01. The summed E-state index contributed by atoms with van der Waals surface area (Å²) in [5, 5.41) is 31.6. The van der Waals surface area contributed by atoms with Crippen LogP contribution in [-0.4, -0.2) is 138 Å². The molecule has 0 aromatic rings. The monoisotopic (exact) mass is 860 g/mol. The van der Waals surface area contributed by atoms with Gasteiger partial charge >= 0.3 is 5.97 Å². The third-order valence-electron chi connectivity index (χ3n) is 8.74. The fourth-order valence-corrected chi connectivity index (χ4v) is 7.30. The molecule has 21 nitrogen and oxygen atoms in total. The topological polar surface area (TPSA) is 325 Å². The summed E-state index contributed by atoms with van der Waals surface area (Å²) in [7, 11) is 2.14. The maximum atomic E-state index is 13.7. The number of carbonyl (C=O) groups is 10. The number of nitrogens with one attached hydrogen (secondary N) is 9. The quantitative estimate of drug-likeness (QED) is 0.0864. The molecule has 1 aliphatic heterocycles. The molecule has 1 unspecified atom stereocenters. The van der Waals surface area contributed by atoms with Gasteiger partial charge in [0, 0.05) is 11.5 Å². The molecule has 0 spiro atoms. The lowest BCUT2D eigenvalue weighted by Gasteiger charge is -2.28. The maximum absolute atomic E-state index is 13.7. The van der Waals surface area contributed by atoms with Crippen LogP contribution in [0.2, 0.25) is 0 Å². The Hall–Kier alpha value is -4.64. The summed E-state index contributed by atoms with van der Waals surface area (Å²) in [5.74, 6) is -8.91. The Morgan fingerprint density at radius 1 is 0.741 bits per heavy atom. The molecule has 1 heterocycles. The molecule has 58 heavy (non-hydrogen) atoms. The van der Waals surface area contributed by atoms with Gasteiger partial charge in [0.05, 0.1) is 25.7 Å². The first kappa shape index (κ1) is 51.4. The summed E-state index contributed by atoms with van der Waals surface area (Å²) in [6.45, 7) is 11.4. The first-order chi connectivity index (χ1) is 27.1. The Labute approximate surface area is 345 Å². The first-order valence-corrected chi connectivity index (χ1v) is 21.4. The Morgan fingerprint density at radius 3 is 1.86 bits per heavy atom. The molecule has 0 aromatic heterocycles. The van der Waals surface area contributed by atoms with E-state index in [0.29, 0.717) is 6.42 Å². The minimum atomic E-state index is -1.30. The molecule has 9 amide bonds. The van der Waals surface area contributed by atoms with E-state index in [-0.39, 0.29) is 23.8 Å². The van der Waals surface area contributed by atoms with Crippen molar-refractivity contribution < 1.29 is 53.1 Å². The Morgan fingerprint density at radius 2 is 1.31 bits per heavy atom. The summed E-state index contributed by atoms with van der Waals surface area (Å²) in [6.07, 6.45) is 0.567. The molecule has 0 aromatic carbocycles. The van der Waals surface area contributed by atoms with E-state index in [4.69, 9.17) is 5.73 Å². The number of carboxylic acid groups (broad SMARTS) is 1. The Balaban J connectivity index is 3.21. The van der Waals surface area contributed by atoms with Crippen LogP contribution < -0.4 is 53.6 Å². The predicted molar refractivity (Wildman–Crippen MR) is 216 cm³/mol. The molecule has 12 N–H and O–H groups in total. The second-order valence-corrected chi connectivity index (χ2v) is 17.2.